The Morgan fingerprint density at radius 3 is 2.96 bits per heavy atom. The first-order chi connectivity index (χ1) is 11.1. The number of carbonyl (C=O) groups excluding carboxylic acids is 1. The highest BCUT2D eigenvalue weighted by atomic mass is 19.1. The van der Waals surface area contributed by atoms with Gasteiger partial charge in [0.25, 0.3) is 0 Å². The number of benzene rings is 1. The minimum atomic E-state index is -0.513. The SMILES string of the molecule is CCOC(=O)c1c(C)oc2ncnc(Nc3cccc(F)c3)c12. The number of carbonyl (C=O) groups is 1. The van der Waals surface area contributed by atoms with Crippen LogP contribution in [-0.4, -0.2) is 22.5 Å². The topological polar surface area (TPSA) is 77.2 Å². The van der Waals surface area contributed by atoms with E-state index in [1.165, 1.54) is 18.5 Å². The third kappa shape index (κ3) is 2.85. The van der Waals surface area contributed by atoms with Gasteiger partial charge >= 0.3 is 5.97 Å². The number of rotatable bonds is 4. The third-order valence-electron chi connectivity index (χ3n) is 3.23. The molecule has 6 nitrogen and oxygen atoms in total. The average Bonchev–Trinajstić information content (AvgIpc) is 2.84. The molecule has 0 saturated carbocycles. The Balaban J connectivity index is 2.11. The molecule has 3 aromatic rings. The molecule has 0 radical (unpaired) electrons. The lowest BCUT2D eigenvalue weighted by Crippen LogP contribution is -2.06. The Hall–Kier alpha value is -2.96. The second-order valence-electron chi connectivity index (χ2n) is 4.79. The van der Waals surface area contributed by atoms with Gasteiger partial charge in [0.1, 0.15) is 29.3 Å². The van der Waals surface area contributed by atoms with E-state index in [0.717, 1.165) is 0 Å². The van der Waals surface area contributed by atoms with Crippen LogP contribution in [0.3, 0.4) is 0 Å². The summed E-state index contributed by atoms with van der Waals surface area (Å²) >= 11 is 0. The number of nitrogens with one attached hydrogen (secondary N) is 1. The Morgan fingerprint density at radius 2 is 2.22 bits per heavy atom. The molecule has 23 heavy (non-hydrogen) atoms. The minimum Gasteiger partial charge on any atom is -0.462 e. The maximum absolute atomic E-state index is 13.3. The molecule has 3 rings (SSSR count). The first-order valence-electron chi connectivity index (χ1n) is 7.04. The number of hydrogen-bond donors (Lipinski definition) is 1. The van der Waals surface area contributed by atoms with Crippen molar-refractivity contribution in [2.45, 2.75) is 13.8 Å². The third-order valence-corrected chi connectivity index (χ3v) is 3.23. The van der Waals surface area contributed by atoms with E-state index in [1.807, 2.05) is 0 Å². The van der Waals surface area contributed by atoms with Gasteiger partial charge in [-0.25, -0.2) is 19.2 Å². The quantitative estimate of drug-likeness (QED) is 0.741. The Morgan fingerprint density at radius 1 is 1.39 bits per heavy atom. The molecule has 2 aromatic heterocycles. The molecule has 0 saturated heterocycles. The molecule has 0 atom stereocenters. The van der Waals surface area contributed by atoms with E-state index in [9.17, 15) is 9.18 Å². The predicted molar refractivity (Wildman–Crippen MR) is 82.2 cm³/mol. The molecule has 0 spiro atoms. The van der Waals surface area contributed by atoms with E-state index in [1.54, 1.807) is 26.0 Å². The highest BCUT2D eigenvalue weighted by molar-refractivity contribution is 6.08. The zero-order valence-electron chi connectivity index (χ0n) is 12.6. The summed E-state index contributed by atoms with van der Waals surface area (Å²) in [4.78, 5) is 20.3. The zero-order chi connectivity index (χ0) is 16.4. The average molecular weight is 315 g/mol. The predicted octanol–water partition coefficient (Wildman–Crippen LogP) is 3.59. The molecule has 1 aromatic carbocycles. The number of aryl methyl sites for hydroxylation is 1. The molecule has 0 amide bonds. The summed E-state index contributed by atoms with van der Waals surface area (Å²) in [5, 5.41) is 3.39. The van der Waals surface area contributed by atoms with Crippen LogP contribution in [0.15, 0.2) is 35.0 Å². The van der Waals surface area contributed by atoms with Gasteiger partial charge in [0.2, 0.25) is 5.71 Å². The first-order valence-corrected chi connectivity index (χ1v) is 7.04. The van der Waals surface area contributed by atoms with Crippen LogP contribution in [0.1, 0.15) is 23.0 Å². The van der Waals surface area contributed by atoms with Gasteiger partial charge in [-0.2, -0.15) is 0 Å². The molecule has 0 aliphatic rings. The van der Waals surface area contributed by atoms with Crippen LogP contribution in [-0.2, 0) is 4.74 Å². The van der Waals surface area contributed by atoms with Crippen molar-refractivity contribution in [1.82, 2.24) is 9.97 Å². The van der Waals surface area contributed by atoms with Crippen molar-refractivity contribution in [3.05, 3.63) is 47.7 Å². The molecular formula is C16H14FN3O3. The fraction of sp³-hybridized carbons (Fsp3) is 0.188. The van der Waals surface area contributed by atoms with Gasteiger partial charge in [0, 0.05) is 5.69 Å². The summed E-state index contributed by atoms with van der Waals surface area (Å²) in [6.07, 6.45) is 1.31. The van der Waals surface area contributed by atoms with Crippen molar-refractivity contribution in [3.63, 3.8) is 0 Å². The largest absolute Gasteiger partial charge is 0.462 e. The maximum atomic E-state index is 13.3. The number of anilines is 2. The van der Waals surface area contributed by atoms with Crippen LogP contribution in [0.5, 0.6) is 0 Å². The molecule has 118 valence electrons. The molecule has 7 heteroatoms. The smallest absolute Gasteiger partial charge is 0.342 e. The van der Waals surface area contributed by atoms with Crippen molar-refractivity contribution < 1.29 is 18.3 Å². The second kappa shape index (κ2) is 6.04. The number of nitrogens with zero attached hydrogens (tertiary/aromatic N) is 2. The number of furan rings is 1. The second-order valence-corrected chi connectivity index (χ2v) is 4.79. The highest BCUT2D eigenvalue weighted by Crippen LogP contribution is 2.31. The van der Waals surface area contributed by atoms with E-state index in [-0.39, 0.29) is 23.7 Å². The van der Waals surface area contributed by atoms with Gasteiger partial charge < -0.3 is 14.5 Å². The van der Waals surface area contributed by atoms with Gasteiger partial charge in [-0.15, -0.1) is 0 Å². The van der Waals surface area contributed by atoms with Crippen molar-refractivity contribution in [1.29, 1.82) is 0 Å². The number of esters is 1. The van der Waals surface area contributed by atoms with Crippen molar-refractivity contribution in [2.24, 2.45) is 0 Å². The Bertz CT molecular complexity index is 876. The van der Waals surface area contributed by atoms with Crippen molar-refractivity contribution in [2.75, 3.05) is 11.9 Å². The molecule has 1 N–H and O–H groups in total. The van der Waals surface area contributed by atoms with Gasteiger partial charge in [0.05, 0.1) is 12.0 Å². The van der Waals surface area contributed by atoms with Crippen LogP contribution >= 0.6 is 0 Å². The van der Waals surface area contributed by atoms with Gasteiger partial charge in [-0.1, -0.05) is 6.07 Å². The van der Waals surface area contributed by atoms with E-state index >= 15 is 0 Å². The van der Waals surface area contributed by atoms with E-state index < -0.39 is 5.97 Å². The molecule has 2 heterocycles. The zero-order valence-corrected chi connectivity index (χ0v) is 12.6. The lowest BCUT2D eigenvalue weighted by Gasteiger charge is -2.07. The first kappa shape index (κ1) is 15.0. The van der Waals surface area contributed by atoms with Gasteiger partial charge in [0.15, 0.2) is 0 Å². The lowest BCUT2D eigenvalue weighted by atomic mass is 10.2. The molecule has 0 unspecified atom stereocenters. The molecule has 0 fully saturated rings. The minimum absolute atomic E-state index is 0.241. The normalized spacial score (nSPS) is 10.7. The van der Waals surface area contributed by atoms with Crippen LogP contribution < -0.4 is 5.32 Å². The molecule has 0 bridgehead atoms. The Kier molecular flexibility index (Phi) is 3.92. The summed E-state index contributed by atoms with van der Waals surface area (Å²) in [5.74, 6) is -0.156. The number of fused-ring (bicyclic) bond motifs is 1. The summed E-state index contributed by atoms with van der Waals surface area (Å²) in [7, 11) is 0. The molecule has 0 aliphatic carbocycles. The van der Waals surface area contributed by atoms with Gasteiger partial charge in [-0.05, 0) is 32.0 Å². The van der Waals surface area contributed by atoms with Crippen LogP contribution in [0.4, 0.5) is 15.9 Å². The maximum Gasteiger partial charge on any atom is 0.342 e. The van der Waals surface area contributed by atoms with Crippen molar-refractivity contribution >= 4 is 28.6 Å². The fourth-order valence-corrected chi connectivity index (χ4v) is 2.29. The Labute approximate surface area is 131 Å². The highest BCUT2D eigenvalue weighted by Gasteiger charge is 2.23. The van der Waals surface area contributed by atoms with Crippen molar-refractivity contribution in [3.8, 4) is 0 Å². The van der Waals surface area contributed by atoms with E-state index in [0.29, 0.717) is 22.7 Å². The fourth-order valence-electron chi connectivity index (χ4n) is 2.29. The number of ether oxygens (including phenoxy) is 1. The summed E-state index contributed by atoms with van der Waals surface area (Å²) in [6.45, 7) is 3.61. The lowest BCUT2D eigenvalue weighted by molar-refractivity contribution is 0.0526. The van der Waals surface area contributed by atoms with Crippen LogP contribution in [0.25, 0.3) is 11.1 Å². The summed E-state index contributed by atoms with van der Waals surface area (Å²) in [6, 6.07) is 5.93. The van der Waals surface area contributed by atoms with Crippen LogP contribution in [0, 0.1) is 12.7 Å². The van der Waals surface area contributed by atoms with E-state index in [4.69, 9.17) is 9.15 Å². The standard InChI is InChI=1S/C16H14FN3O3/c1-3-22-16(21)12-9(2)23-15-13(12)14(18-8-19-15)20-11-6-4-5-10(17)7-11/h4-8H,3H2,1-2H3,(H,18,19,20). The number of aromatic nitrogens is 2. The van der Waals surface area contributed by atoms with E-state index in [2.05, 4.69) is 15.3 Å². The number of hydrogen-bond acceptors (Lipinski definition) is 6. The summed E-state index contributed by atoms with van der Waals surface area (Å²) in [5.41, 5.74) is 1.03. The van der Waals surface area contributed by atoms with Gasteiger partial charge in [-0.3, -0.25) is 0 Å². The monoisotopic (exact) mass is 315 g/mol. The number of halogens is 1. The molecule has 0 aliphatic heterocycles. The van der Waals surface area contributed by atoms with Crippen LogP contribution in [0.2, 0.25) is 0 Å². The molecular weight excluding hydrogens is 301 g/mol. The summed E-state index contributed by atoms with van der Waals surface area (Å²) < 4.78 is 23.9.